The average molecular weight is 392 g/mol. The normalized spacial score (nSPS) is 29.0. The summed E-state index contributed by atoms with van der Waals surface area (Å²) in [6.07, 6.45) is 11.1. The van der Waals surface area contributed by atoms with Gasteiger partial charge in [-0.05, 0) is 73.5 Å². The monoisotopic (exact) mass is 392 g/mol. The van der Waals surface area contributed by atoms with Crippen LogP contribution in [0.25, 0.3) is 6.08 Å². The number of carbonyl (C=O) groups is 1. The van der Waals surface area contributed by atoms with Gasteiger partial charge in [-0.3, -0.25) is 9.69 Å². The van der Waals surface area contributed by atoms with Crippen molar-refractivity contribution in [3.05, 3.63) is 59.6 Å². The quantitative estimate of drug-likeness (QED) is 0.765. The van der Waals surface area contributed by atoms with Crippen LogP contribution in [-0.2, 0) is 16.6 Å². The molecule has 2 N–H and O–H groups in total. The zero-order valence-corrected chi connectivity index (χ0v) is 16.8. The number of furan rings is 1. The molecule has 3 aliphatic rings. The molecule has 152 valence electrons. The molecule has 1 aromatic heterocycles. The van der Waals surface area contributed by atoms with Gasteiger partial charge in [0.15, 0.2) is 0 Å². The largest absolute Gasteiger partial charge is 0.508 e. The van der Waals surface area contributed by atoms with Crippen LogP contribution >= 0.6 is 0 Å². The lowest BCUT2D eigenvalue weighted by Gasteiger charge is -2.55. The Labute approximate surface area is 171 Å². The first kappa shape index (κ1) is 18.5. The molecule has 5 rings (SSSR count). The Morgan fingerprint density at radius 1 is 1.38 bits per heavy atom. The molecule has 2 heterocycles. The maximum Gasteiger partial charge on any atom is 0.244 e. The predicted octanol–water partition coefficient (Wildman–Crippen LogP) is 3.48. The second-order valence-electron chi connectivity index (χ2n) is 9.09. The molecule has 2 bridgehead atoms. The topological polar surface area (TPSA) is 65.7 Å². The van der Waals surface area contributed by atoms with Gasteiger partial charge in [0, 0.05) is 29.6 Å². The smallest absolute Gasteiger partial charge is 0.244 e. The molecule has 2 aromatic rings. The molecule has 0 radical (unpaired) electrons. The summed E-state index contributed by atoms with van der Waals surface area (Å²) in [5, 5.41) is 13.4. The lowest BCUT2D eigenvalue weighted by molar-refractivity contribution is -0.119. The molecule has 1 saturated carbocycles. The lowest BCUT2D eigenvalue weighted by Crippen LogP contribution is -2.67. The van der Waals surface area contributed by atoms with E-state index in [1.807, 2.05) is 12.1 Å². The second-order valence-corrected chi connectivity index (χ2v) is 9.09. The van der Waals surface area contributed by atoms with E-state index in [4.69, 9.17) is 4.42 Å². The summed E-state index contributed by atoms with van der Waals surface area (Å²) in [7, 11) is 0. The van der Waals surface area contributed by atoms with Crippen LogP contribution in [0.5, 0.6) is 5.75 Å². The number of phenols is 1. The van der Waals surface area contributed by atoms with Crippen molar-refractivity contribution in [3.8, 4) is 5.75 Å². The van der Waals surface area contributed by atoms with Crippen LogP contribution in [0.2, 0.25) is 0 Å². The summed E-state index contributed by atoms with van der Waals surface area (Å²) in [4.78, 5) is 15.4. The first-order chi connectivity index (χ1) is 14.0. The molecule has 1 aromatic carbocycles. The number of aromatic hydroxyl groups is 1. The number of benzene rings is 1. The highest BCUT2D eigenvalue weighted by Crippen LogP contribution is 2.47. The number of phenolic OH excluding ortho intramolecular Hbond substituents is 1. The molecule has 1 aliphatic heterocycles. The highest BCUT2D eigenvalue weighted by molar-refractivity contribution is 5.92. The van der Waals surface area contributed by atoms with Crippen LogP contribution in [0.1, 0.15) is 42.9 Å². The number of nitrogens with one attached hydrogen (secondary N) is 1. The minimum Gasteiger partial charge on any atom is -0.508 e. The average Bonchev–Trinajstić information content (AvgIpc) is 3.36. The van der Waals surface area contributed by atoms with E-state index in [9.17, 15) is 9.90 Å². The van der Waals surface area contributed by atoms with Crippen LogP contribution in [-0.4, -0.2) is 41.1 Å². The van der Waals surface area contributed by atoms with Gasteiger partial charge in [0.1, 0.15) is 5.75 Å². The number of hydrogen-bond donors (Lipinski definition) is 2. The summed E-state index contributed by atoms with van der Waals surface area (Å²) < 4.78 is 5.07. The number of likely N-dealkylation sites (tertiary alicyclic amines) is 1. The molecule has 1 amide bonds. The van der Waals surface area contributed by atoms with Gasteiger partial charge in [-0.2, -0.15) is 0 Å². The molecule has 2 unspecified atom stereocenters. The number of carbonyl (C=O) groups excluding carboxylic acids is 1. The molecular weight excluding hydrogens is 364 g/mol. The Bertz CT molecular complexity index is 932. The summed E-state index contributed by atoms with van der Waals surface area (Å²) in [5.41, 5.74) is 3.18. The van der Waals surface area contributed by atoms with E-state index in [0.29, 0.717) is 5.75 Å². The molecule has 3 atom stereocenters. The maximum absolute atomic E-state index is 12.8. The zero-order valence-electron chi connectivity index (χ0n) is 16.8. The van der Waals surface area contributed by atoms with Gasteiger partial charge in [0.05, 0.1) is 18.6 Å². The van der Waals surface area contributed by atoms with E-state index < -0.39 is 0 Å². The number of fused-ring (bicyclic) bond motifs is 4. The summed E-state index contributed by atoms with van der Waals surface area (Å²) >= 11 is 0. The summed E-state index contributed by atoms with van der Waals surface area (Å²) in [5.74, 6) is 1.04. The summed E-state index contributed by atoms with van der Waals surface area (Å²) in [6, 6.07) is 7.89. The van der Waals surface area contributed by atoms with E-state index in [-0.39, 0.29) is 23.4 Å². The third-order valence-corrected chi connectivity index (χ3v) is 7.05. The molecule has 2 fully saturated rings. The second kappa shape index (κ2) is 7.06. The molecule has 5 nitrogen and oxygen atoms in total. The highest BCUT2D eigenvalue weighted by Gasteiger charge is 2.51. The van der Waals surface area contributed by atoms with Gasteiger partial charge in [-0.1, -0.05) is 13.0 Å². The van der Waals surface area contributed by atoms with Crippen molar-refractivity contribution in [1.29, 1.82) is 0 Å². The van der Waals surface area contributed by atoms with Crippen LogP contribution < -0.4 is 5.32 Å². The fourth-order valence-corrected chi connectivity index (χ4v) is 5.24. The fraction of sp³-hybridized carbons (Fsp3) is 0.458. The van der Waals surface area contributed by atoms with Crippen molar-refractivity contribution in [1.82, 2.24) is 10.2 Å². The van der Waals surface area contributed by atoms with Crippen LogP contribution in [0.3, 0.4) is 0 Å². The number of piperidine rings is 1. The van der Waals surface area contributed by atoms with Crippen molar-refractivity contribution >= 4 is 12.0 Å². The number of nitrogens with zero attached hydrogens (tertiary/aromatic N) is 1. The molecular formula is C24H28N2O3. The van der Waals surface area contributed by atoms with Crippen LogP contribution in [0.4, 0.5) is 0 Å². The van der Waals surface area contributed by atoms with Gasteiger partial charge in [0.2, 0.25) is 5.91 Å². The number of amides is 1. The van der Waals surface area contributed by atoms with Crippen molar-refractivity contribution in [2.24, 2.45) is 5.92 Å². The molecule has 2 aliphatic carbocycles. The Kier molecular flexibility index (Phi) is 4.50. The minimum absolute atomic E-state index is 0.0193. The zero-order chi connectivity index (χ0) is 20.0. The fourth-order valence-electron chi connectivity index (χ4n) is 5.24. The van der Waals surface area contributed by atoms with Gasteiger partial charge >= 0.3 is 0 Å². The highest BCUT2D eigenvalue weighted by atomic mass is 16.3. The number of rotatable bonds is 5. The first-order valence-corrected chi connectivity index (χ1v) is 10.6. The van der Waals surface area contributed by atoms with E-state index in [0.717, 1.165) is 37.4 Å². The van der Waals surface area contributed by atoms with Crippen LogP contribution in [0, 0.1) is 5.92 Å². The van der Waals surface area contributed by atoms with E-state index in [1.54, 1.807) is 30.7 Å². The van der Waals surface area contributed by atoms with Crippen molar-refractivity contribution < 1.29 is 14.3 Å². The Morgan fingerprint density at radius 2 is 2.24 bits per heavy atom. The first-order valence-electron chi connectivity index (χ1n) is 10.6. The molecule has 5 heteroatoms. The summed E-state index contributed by atoms with van der Waals surface area (Å²) in [6.45, 7) is 4.42. The third kappa shape index (κ3) is 3.48. The van der Waals surface area contributed by atoms with Crippen molar-refractivity contribution in [3.63, 3.8) is 0 Å². The molecule has 0 spiro atoms. The lowest BCUT2D eigenvalue weighted by atomic mass is 9.61. The Balaban J connectivity index is 1.44. The van der Waals surface area contributed by atoms with Gasteiger partial charge in [-0.15, -0.1) is 0 Å². The van der Waals surface area contributed by atoms with Crippen LogP contribution in [0.15, 0.2) is 47.3 Å². The number of hydrogen-bond acceptors (Lipinski definition) is 4. The Morgan fingerprint density at radius 3 is 3.00 bits per heavy atom. The molecule has 1 saturated heterocycles. The van der Waals surface area contributed by atoms with Gasteiger partial charge < -0.3 is 14.8 Å². The predicted molar refractivity (Wildman–Crippen MR) is 112 cm³/mol. The third-order valence-electron chi connectivity index (χ3n) is 7.05. The standard InChI is InChI=1S/C24H28N2O3/c1-24-9-10-26(14-16-2-3-16)21(12-18-5-6-19(27)13-20(18)24)23(24)25-22(28)7-4-17-8-11-29-15-17/h4-8,11,13,15-16,21,23,27H,2-3,9-10,12,14H2,1H3,(H,25,28)/b7-4+/t21?,23-,24?/m1/s1. The van der Waals surface area contributed by atoms with Gasteiger partial charge in [-0.25, -0.2) is 0 Å². The van der Waals surface area contributed by atoms with Gasteiger partial charge in [0.25, 0.3) is 0 Å². The van der Waals surface area contributed by atoms with E-state index in [1.165, 1.54) is 24.0 Å². The van der Waals surface area contributed by atoms with Crippen molar-refractivity contribution in [2.75, 3.05) is 13.1 Å². The van der Waals surface area contributed by atoms with Crippen molar-refractivity contribution in [2.45, 2.75) is 50.1 Å². The Hall–Kier alpha value is -2.53. The maximum atomic E-state index is 12.8. The van der Waals surface area contributed by atoms with E-state index >= 15 is 0 Å². The molecule has 29 heavy (non-hydrogen) atoms. The SMILES string of the molecule is CC12CCN(CC3CC3)C(Cc3ccc(O)cc31)[C@H]2NC(=O)/C=C/c1ccoc1. The van der Waals surface area contributed by atoms with E-state index in [2.05, 4.69) is 23.2 Å². The minimum atomic E-state index is -0.184.